The predicted octanol–water partition coefficient (Wildman–Crippen LogP) is 14.5. The van der Waals surface area contributed by atoms with Crippen molar-refractivity contribution in [2.24, 2.45) is 0 Å². The van der Waals surface area contributed by atoms with Gasteiger partial charge in [0.2, 0.25) is 0 Å². The number of nitrogens with zero attached hydrogens (tertiary/aromatic N) is 4. The molecule has 5 nitrogen and oxygen atoms in total. The molecule has 5 heteroatoms. The van der Waals surface area contributed by atoms with Crippen LogP contribution in [0.2, 0.25) is 0 Å². The topological polar surface area (TPSA) is 33.5 Å². The molecule has 0 spiro atoms. The molecule has 286 valence electrons. The molecule has 0 radical (unpaired) electrons. The highest BCUT2D eigenvalue weighted by Crippen LogP contribution is 2.50. The molecule has 0 bridgehead atoms. The summed E-state index contributed by atoms with van der Waals surface area (Å²) in [4.78, 5) is 8.54. The lowest BCUT2D eigenvalue weighted by Gasteiger charge is -2.27. The molecule has 3 heterocycles. The molecule has 0 atom stereocenters. The van der Waals surface area contributed by atoms with E-state index in [4.69, 9.17) is 23.9 Å². The van der Waals surface area contributed by atoms with Crippen molar-refractivity contribution in [3.05, 3.63) is 218 Å². The molecule has 1 aliphatic heterocycles. The third-order valence-corrected chi connectivity index (χ3v) is 10.6. The van der Waals surface area contributed by atoms with Gasteiger partial charge in [0.1, 0.15) is 24.0 Å². The van der Waals surface area contributed by atoms with Gasteiger partial charge in [0, 0.05) is 45.9 Å². The van der Waals surface area contributed by atoms with Crippen LogP contribution < -0.4 is 14.5 Å². The summed E-state index contributed by atoms with van der Waals surface area (Å²) < 4.78 is 130. The zero-order valence-corrected chi connectivity index (χ0v) is 32.0. The monoisotopic (exact) mass is 786 g/mol. The average molecular weight is 787 g/mol. The molecule has 60 heavy (non-hydrogen) atoms. The van der Waals surface area contributed by atoms with Gasteiger partial charge in [0.05, 0.1) is 47.3 Å². The molecule has 0 saturated heterocycles. The Kier molecular flexibility index (Phi) is 5.80. The number of para-hydroxylation sites is 3. The number of fused-ring (bicyclic) bond motifs is 4. The van der Waals surface area contributed by atoms with Crippen LogP contribution in [0.25, 0.3) is 61.0 Å². The van der Waals surface area contributed by atoms with Crippen LogP contribution in [-0.4, -0.2) is 16.2 Å². The quantitative estimate of drug-likeness (QED) is 0.154. The maximum absolute atomic E-state index is 9.03. The first-order chi connectivity index (χ1) is 35.5. The highest BCUT2D eigenvalue weighted by molar-refractivity contribution is 6.10. The van der Waals surface area contributed by atoms with Crippen LogP contribution in [-0.2, 0) is 0 Å². The van der Waals surface area contributed by atoms with Crippen molar-refractivity contribution in [1.82, 2.24) is 9.55 Å². The molecule has 2 aromatic heterocycles. The summed E-state index contributed by atoms with van der Waals surface area (Å²) in [6.07, 6.45) is 1.70. The first-order valence-electron chi connectivity index (χ1n) is 26.2. The van der Waals surface area contributed by atoms with Crippen molar-refractivity contribution in [1.29, 1.82) is 0 Å². The van der Waals surface area contributed by atoms with E-state index in [2.05, 4.69) is 4.98 Å². The number of rotatable bonds is 8. The molecule has 0 fully saturated rings. The Hall–Kier alpha value is -7.89. The minimum atomic E-state index is -0.573. The van der Waals surface area contributed by atoms with E-state index in [1.165, 1.54) is 0 Å². The Morgan fingerprint density at radius 2 is 1.20 bits per heavy atom. The van der Waals surface area contributed by atoms with Gasteiger partial charge in [-0.05, 0) is 89.8 Å². The smallest absolute Gasteiger partial charge is 0.137 e. The molecule has 10 aromatic rings. The van der Waals surface area contributed by atoms with Gasteiger partial charge in [-0.1, -0.05) is 139 Å². The largest absolute Gasteiger partial charge is 0.457 e. The SMILES string of the molecule is [2H]c1c([2H])c([2H])c(-c2cccc(-c3c([2H])c([2H])c([2H])c([2H])c3[2H])c2N2CN(c3cccc(Oc4ccc5c6cc(-c7c([2H])c([2H])c(C)c([2H])c7[2H])ccc6n(-c6ccccn6)c5c4)c3)c3ccccc32)c([2H])c1[2H]. The Morgan fingerprint density at radius 1 is 0.517 bits per heavy atom. The number of pyridine rings is 1. The third kappa shape index (κ3) is 6.25. The van der Waals surface area contributed by atoms with Gasteiger partial charge in [0.15, 0.2) is 0 Å². The Bertz CT molecular complexity index is 3840. The molecular weight excluding hydrogens is 733 g/mol. The van der Waals surface area contributed by atoms with E-state index in [1.54, 1.807) is 37.4 Å². The minimum Gasteiger partial charge on any atom is -0.457 e. The van der Waals surface area contributed by atoms with E-state index in [-0.39, 0.29) is 69.9 Å². The van der Waals surface area contributed by atoms with Crippen molar-refractivity contribution < 1.29 is 23.9 Å². The zero-order valence-electron chi connectivity index (χ0n) is 46.0. The van der Waals surface area contributed by atoms with Gasteiger partial charge < -0.3 is 14.5 Å². The molecule has 11 rings (SSSR count). The normalized spacial score (nSPS) is 15.6. The van der Waals surface area contributed by atoms with Gasteiger partial charge in [-0.25, -0.2) is 4.98 Å². The van der Waals surface area contributed by atoms with Crippen molar-refractivity contribution in [2.75, 3.05) is 16.5 Å². The summed E-state index contributed by atoms with van der Waals surface area (Å²) in [5.41, 5.74) is 5.01. The number of benzene rings is 8. The second kappa shape index (κ2) is 14.8. The molecule has 0 saturated carbocycles. The second-order valence-corrected chi connectivity index (χ2v) is 14.2. The second-order valence-electron chi connectivity index (χ2n) is 14.2. The summed E-state index contributed by atoms with van der Waals surface area (Å²) in [5.74, 6) is 1.61. The molecule has 8 aromatic carbocycles. The standard InChI is InChI=1S/C55H40N4O/c1-38-25-27-39(28-26-38)42-29-32-50-49(34-42)48-31-30-45(36-53(48)59(50)54-24-10-11-33-56-54)60-44-19-12-18-43(35-44)57-37-58(52-23-9-8-22-51(52)57)55-46(40-14-4-2-5-15-40)20-13-21-47(55)41-16-6-3-7-17-41/h2-36H,37H2,1H3/i2D,3D,4D,5D,6D,7D,14D,15D,16D,17D,25D,26D,27D,28D. The summed E-state index contributed by atoms with van der Waals surface area (Å²) >= 11 is 0. The Morgan fingerprint density at radius 3 is 1.92 bits per heavy atom. The fourth-order valence-electron chi connectivity index (χ4n) is 7.96. The maximum Gasteiger partial charge on any atom is 0.137 e. The fourth-order valence-corrected chi connectivity index (χ4v) is 7.96. The van der Waals surface area contributed by atoms with E-state index in [1.807, 2.05) is 111 Å². The first-order valence-corrected chi connectivity index (χ1v) is 19.2. The van der Waals surface area contributed by atoms with E-state index < -0.39 is 60.4 Å². The lowest BCUT2D eigenvalue weighted by Crippen LogP contribution is -2.24. The molecule has 0 unspecified atom stereocenters. The Labute approximate surface area is 369 Å². The summed E-state index contributed by atoms with van der Waals surface area (Å²) in [5, 5.41) is 1.63. The first kappa shape index (κ1) is 23.5. The van der Waals surface area contributed by atoms with Gasteiger partial charge in [-0.2, -0.15) is 0 Å². The van der Waals surface area contributed by atoms with E-state index in [0.717, 1.165) is 21.8 Å². The number of hydrogen-bond acceptors (Lipinski definition) is 4. The molecule has 0 amide bonds. The maximum atomic E-state index is 9.03. The minimum absolute atomic E-state index is 0.0699. The van der Waals surface area contributed by atoms with Crippen LogP contribution in [0.1, 0.15) is 24.8 Å². The van der Waals surface area contributed by atoms with Crippen molar-refractivity contribution in [2.45, 2.75) is 6.92 Å². The average Bonchev–Trinajstić information content (AvgIpc) is 3.96. The third-order valence-electron chi connectivity index (χ3n) is 10.6. The van der Waals surface area contributed by atoms with Crippen LogP contribution >= 0.6 is 0 Å². The molecule has 1 aliphatic rings. The van der Waals surface area contributed by atoms with Gasteiger partial charge in [0.25, 0.3) is 0 Å². The Balaban J connectivity index is 1.02. The van der Waals surface area contributed by atoms with Crippen molar-refractivity contribution in [3.63, 3.8) is 0 Å². The van der Waals surface area contributed by atoms with Crippen LogP contribution in [0.5, 0.6) is 11.5 Å². The van der Waals surface area contributed by atoms with Crippen LogP contribution in [0.15, 0.2) is 212 Å². The van der Waals surface area contributed by atoms with Gasteiger partial charge in [-0.15, -0.1) is 0 Å². The zero-order chi connectivity index (χ0) is 52.2. The highest BCUT2D eigenvalue weighted by atomic mass is 16.5. The van der Waals surface area contributed by atoms with Crippen molar-refractivity contribution >= 4 is 44.6 Å². The summed E-state index contributed by atoms with van der Waals surface area (Å²) in [7, 11) is 0. The lowest BCUT2D eigenvalue weighted by atomic mass is 9.95. The highest BCUT2D eigenvalue weighted by Gasteiger charge is 2.31. The number of anilines is 4. The van der Waals surface area contributed by atoms with E-state index in [9.17, 15) is 0 Å². The van der Waals surface area contributed by atoms with Crippen LogP contribution in [0.4, 0.5) is 22.7 Å². The van der Waals surface area contributed by atoms with Gasteiger partial charge >= 0.3 is 0 Å². The van der Waals surface area contributed by atoms with Crippen LogP contribution in [0, 0.1) is 6.92 Å². The van der Waals surface area contributed by atoms with E-state index >= 15 is 0 Å². The van der Waals surface area contributed by atoms with Crippen LogP contribution in [0.3, 0.4) is 0 Å². The van der Waals surface area contributed by atoms with Gasteiger partial charge in [-0.3, -0.25) is 4.57 Å². The molecule has 0 aliphatic carbocycles. The lowest BCUT2D eigenvalue weighted by molar-refractivity contribution is 0.483. The van der Waals surface area contributed by atoms with Crippen molar-refractivity contribution in [3.8, 4) is 50.7 Å². The number of ether oxygens (including phenoxy) is 1. The predicted molar refractivity (Wildman–Crippen MR) is 248 cm³/mol. The number of aromatic nitrogens is 2. The summed E-state index contributed by atoms with van der Waals surface area (Å²) in [6, 6.07) is 30.9. The molecule has 0 N–H and O–H groups in total. The summed E-state index contributed by atoms with van der Waals surface area (Å²) in [6.45, 7) is 1.65. The number of hydrogen-bond donors (Lipinski definition) is 0. The molecular formula is C55H40N4O. The fraction of sp³-hybridized carbons (Fsp3) is 0.0364. The van der Waals surface area contributed by atoms with E-state index in [0.29, 0.717) is 39.9 Å².